The van der Waals surface area contributed by atoms with Crippen molar-refractivity contribution in [3.8, 4) is 0 Å². The van der Waals surface area contributed by atoms with Gasteiger partial charge in [0.2, 0.25) is 0 Å². The average Bonchev–Trinajstić information content (AvgIpc) is 2.17. The zero-order chi connectivity index (χ0) is 11.0. The number of hydrogen-bond acceptors (Lipinski definition) is 2. The van der Waals surface area contributed by atoms with Gasteiger partial charge in [-0.05, 0) is 6.92 Å². The molecule has 0 rings (SSSR count). The van der Waals surface area contributed by atoms with E-state index in [2.05, 4.69) is 0 Å². The van der Waals surface area contributed by atoms with Gasteiger partial charge in [0, 0.05) is 27.7 Å². The Morgan fingerprint density at radius 1 is 1.00 bits per heavy atom. The quantitative estimate of drug-likeness (QED) is 0.565. The smallest absolute Gasteiger partial charge is 0.311 e. The van der Waals surface area contributed by atoms with E-state index in [9.17, 15) is 9.59 Å². The highest BCUT2D eigenvalue weighted by Gasteiger charge is 2.18. The van der Waals surface area contributed by atoms with Crippen LogP contribution < -0.4 is 0 Å². The molecule has 0 saturated heterocycles. The van der Waals surface area contributed by atoms with E-state index in [4.69, 9.17) is 0 Å². The van der Waals surface area contributed by atoms with Crippen molar-refractivity contribution in [2.75, 3.05) is 27.7 Å². The zero-order valence-electron chi connectivity index (χ0n) is 9.42. The van der Waals surface area contributed by atoms with Crippen molar-refractivity contribution in [1.82, 2.24) is 9.80 Å². The molecule has 0 aromatic carbocycles. The van der Waals surface area contributed by atoms with Gasteiger partial charge in [0.15, 0.2) is 0 Å². The minimum absolute atomic E-state index is 0.461. The summed E-state index contributed by atoms with van der Waals surface area (Å²) in [7, 11) is 4.72. The first kappa shape index (κ1) is 14.5. The van der Waals surface area contributed by atoms with Crippen molar-refractivity contribution in [2.45, 2.75) is 20.8 Å². The second-order valence-corrected chi connectivity index (χ2v) is 2.52. The fraction of sp³-hybridized carbons (Fsp3) is 0.778. The van der Waals surface area contributed by atoms with Crippen LogP contribution in [0.3, 0.4) is 0 Å². The molecule has 0 aliphatic heterocycles. The van der Waals surface area contributed by atoms with Crippen LogP contribution in [0.2, 0.25) is 0 Å². The molecule has 0 N–H and O–H groups in total. The standard InChI is InChI=1S/C7H14N2O2.C2H6/c1-5-9(4)7(11)6(10)8(2)3;1-2/h5H2,1-4H3;1-2H3. The average molecular weight is 188 g/mol. The van der Waals surface area contributed by atoms with Gasteiger partial charge in [-0.15, -0.1) is 0 Å². The first-order valence-corrected chi connectivity index (χ1v) is 4.47. The predicted molar refractivity (Wildman–Crippen MR) is 53.4 cm³/mol. The Balaban J connectivity index is 0. The summed E-state index contributed by atoms with van der Waals surface area (Å²) in [5.74, 6) is -0.938. The third kappa shape index (κ3) is 5.22. The third-order valence-corrected chi connectivity index (χ3v) is 1.41. The van der Waals surface area contributed by atoms with Crippen LogP contribution in [-0.4, -0.2) is 49.3 Å². The lowest BCUT2D eigenvalue weighted by molar-refractivity contribution is -0.149. The van der Waals surface area contributed by atoms with Gasteiger partial charge in [-0.3, -0.25) is 9.59 Å². The second-order valence-electron chi connectivity index (χ2n) is 2.52. The van der Waals surface area contributed by atoms with Crippen LogP contribution in [0.15, 0.2) is 0 Å². The van der Waals surface area contributed by atoms with Crippen molar-refractivity contribution >= 4 is 11.8 Å². The summed E-state index contributed by atoms with van der Waals surface area (Å²) in [6.07, 6.45) is 0. The molecule has 0 aliphatic rings. The third-order valence-electron chi connectivity index (χ3n) is 1.41. The Morgan fingerprint density at radius 3 is 1.62 bits per heavy atom. The van der Waals surface area contributed by atoms with Crippen molar-refractivity contribution in [2.24, 2.45) is 0 Å². The second kappa shape index (κ2) is 7.58. The lowest BCUT2D eigenvalue weighted by Crippen LogP contribution is -2.40. The Hall–Kier alpha value is -1.06. The molecule has 0 unspecified atom stereocenters. The fourth-order valence-corrected chi connectivity index (χ4v) is 0.498. The summed E-state index contributed by atoms with van der Waals surface area (Å²) in [6, 6.07) is 0. The highest BCUT2D eigenvalue weighted by Crippen LogP contribution is 1.87. The van der Waals surface area contributed by atoms with Gasteiger partial charge in [0.05, 0.1) is 0 Å². The highest BCUT2D eigenvalue weighted by atomic mass is 16.2. The minimum Gasteiger partial charge on any atom is -0.341 e. The van der Waals surface area contributed by atoms with Crippen LogP contribution in [-0.2, 0) is 9.59 Å². The number of likely N-dealkylation sites (N-methyl/N-ethyl adjacent to an activating group) is 2. The molecule has 0 heterocycles. The van der Waals surface area contributed by atoms with Gasteiger partial charge >= 0.3 is 11.8 Å². The number of carbonyl (C=O) groups is 2. The maximum absolute atomic E-state index is 11.1. The van der Waals surface area contributed by atoms with Gasteiger partial charge < -0.3 is 9.80 Å². The van der Waals surface area contributed by atoms with Crippen LogP contribution in [0, 0.1) is 0 Å². The summed E-state index contributed by atoms with van der Waals surface area (Å²) < 4.78 is 0. The number of hydrogen-bond donors (Lipinski definition) is 0. The molecule has 0 bridgehead atoms. The first-order chi connectivity index (χ1) is 6.00. The maximum atomic E-state index is 11.1. The van der Waals surface area contributed by atoms with E-state index in [-0.39, 0.29) is 0 Å². The molecule has 0 aromatic heterocycles. The van der Waals surface area contributed by atoms with E-state index in [1.807, 2.05) is 20.8 Å². The van der Waals surface area contributed by atoms with E-state index >= 15 is 0 Å². The lowest BCUT2D eigenvalue weighted by atomic mass is 10.4. The molecule has 0 fully saturated rings. The van der Waals surface area contributed by atoms with Gasteiger partial charge in [0.1, 0.15) is 0 Å². The summed E-state index contributed by atoms with van der Waals surface area (Å²) in [6.45, 7) is 6.37. The molecular weight excluding hydrogens is 168 g/mol. The molecule has 0 spiro atoms. The summed E-state index contributed by atoms with van der Waals surface area (Å²) in [5, 5.41) is 0. The number of nitrogens with zero attached hydrogens (tertiary/aromatic N) is 2. The molecule has 13 heavy (non-hydrogen) atoms. The van der Waals surface area contributed by atoms with Crippen LogP contribution >= 0.6 is 0 Å². The maximum Gasteiger partial charge on any atom is 0.311 e. The van der Waals surface area contributed by atoms with Crippen LogP contribution in [0.4, 0.5) is 0 Å². The number of carbonyl (C=O) groups excluding carboxylic acids is 2. The van der Waals surface area contributed by atoms with E-state index in [0.29, 0.717) is 6.54 Å². The minimum atomic E-state index is -0.477. The molecule has 0 aromatic rings. The fourth-order valence-electron chi connectivity index (χ4n) is 0.498. The van der Waals surface area contributed by atoms with Crippen LogP contribution in [0.5, 0.6) is 0 Å². The Morgan fingerprint density at radius 2 is 1.38 bits per heavy atom. The lowest BCUT2D eigenvalue weighted by Gasteiger charge is -2.16. The largest absolute Gasteiger partial charge is 0.341 e. The Labute approximate surface area is 80.5 Å². The van der Waals surface area contributed by atoms with E-state index in [0.717, 1.165) is 0 Å². The Kier molecular flexibility index (Phi) is 8.44. The van der Waals surface area contributed by atoms with Crippen LogP contribution in [0.1, 0.15) is 20.8 Å². The summed E-state index contributed by atoms with van der Waals surface area (Å²) in [4.78, 5) is 24.7. The number of amides is 2. The van der Waals surface area contributed by atoms with Gasteiger partial charge in [-0.1, -0.05) is 13.8 Å². The zero-order valence-corrected chi connectivity index (χ0v) is 9.42. The normalized spacial score (nSPS) is 8.15. The molecular formula is C9H20N2O2. The molecule has 78 valence electrons. The van der Waals surface area contributed by atoms with E-state index in [1.54, 1.807) is 21.1 Å². The van der Waals surface area contributed by atoms with Crippen molar-refractivity contribution in [1.29, 1.82) is 0 Å². The van der Waals surface area contributed by atoms with E-state index < -0.39 is 11.8 Å². The van der Waals surface area contributed by atoms with Crippen molar-refractivity contribution in [3.05, 3.63) is 0 Å². The topological polar surface area (TPSA) is 40.6 Å². The van der Waals surface area contributed by atoms with Gasteiger partial charge in [0.25, 0.3) is 0 Å². The molecule has 0 aliphatic carbocycles. The SMILES string of the molecule is CC.CCN(C)C(=O)C(=O)N(C)C. The summed E-state index contributed by atoms with van der Waals surface area (Å²) in [5.41, 5.74) is 0. The van der Waals surface area contributed by atoms with Gasteiger partial charge in [-0.25, -0.2) is 0 Å². The van der Waals surface area contributed by atoms with Gasteiger partial charge in [-0.2, -0.15) is 0 Å². The van der Waals surface area contributed by atoms with E-state index in [1.165, 1.54) is 9.80 Å². The summed E-state index contributed by atoms with van der Waals surface area (Å²) >= 11 is 0. The number of rotatable bonds is 1. The molecule has 4 nitrogen and oxygen atoms in total. The molecule has 0 saturated carbocycles. The predicted octanol–water partition coefficient (Wildman–Crippen LogP) is 0.579. The Bertz CT molecular complexity index is 167. The molecule has 0 atom stereocenters. The highest BCUT2D eigenvalue weighted by molar-refractivity contribution is 6.34. The van der Waals surface area contributed by atoms with Crippen molar-refractivity contribution in [3.63, 3.8) is 0 Å². The molecule has 4 heteroatoms. The molecule has 2 amide bonds. The van der Waals surface area contributed by atoms with Crippen LogP contribution in [0.25, 0.3) is 0 Å². The monoisotopic (exact) mass is 188 g/mol. The molecule has 0 radical (unpaired) electrons. The van der Waals surface area contributed by atoms with Crippen molar-refractivity contribution < 1.29 is 9.59 Å². The first-order valence-electron chi connectivity index (χ1n) is 4.47.